The van der Waals surface area contributed by atoms with Crippen LogP contribution in [0, 0.1) is 0 Å². The fourth-order valence-electron chi connectivity index (χ4n) is 2.00. The Morgan fingerprint density at radius 1 is 1.32 bits per heavy atom. The molecule has 0 amide bonds. The Morgan fingerprint density at radius 3 is 2.79 bits per heavy atom. The van der Waals surface area contributed by atoms with E-state index in [1.54, 1.807) is 0 Å². The molecule has 102 valence electrons. The normalized spacial score (nSPS) is 10.7. The van der Waals surface area contributed by atoms with Crippen molar-refractivity contribution in [2.75, 3.05) is 6.61 Å². The minimum atomic E-state index is 0.131. The van der Waals surface area contributed by atoms with Gasteiger partial charge in [-0.3, -0.25) is 4.68 Å². The van der Waals surface area contributed by atoms with Crippen LogP contribution in [0.3, 0.4) is 0 Å². The molecule has 0 aliphatic carbocycles. The zero-order valence-electron chi connectivity index (χ0n) is 11.5. The molecular formula is C15H20N2O2. The molecule has 4 heteroatoms. The summed E-state index contributed by atoms with van der Waals surface area (Å²) in [7, 11) is 1.93. The number of nitrogens with zero attached hydrogens (tertiary/aromatic N) is 2. The van der Waals surface area contributed by atoms with Crippen molar-refractivity contribution in [2.24, 2.45) is 7.05 Å². The molecule has 0 aliphatic heterocycles. The number of para-hydroxylation sites is 1. The number of ether oxygens (including phenoxy) is 1. The number of benzene rings is 1. The van der Waals surface area contributed by atoms with Gasteiger partial charge >= 0.3 is 0 Å². The van der Waals surface area contributed by atoms with Gasteiger partial charge in [0.2, 0.25) is 0 Å². The van der Waals surface area contributed by atoms with E-state index in [0.29, 0.717) is 13.0 Å². The first kappa shape index (κ1) is 13.6. The SMILES string of the molecule is CCc1cc(COc2ccccc2CCO)n(C)n1. The van der Waals surface area contributed by atoms with Gasteiger partial charge < -0.3 is 9.84 Å². The third-order valence-electron chi connectivity index (χ3n) is 3.12. The van der Waals surface area contributed by atoms with Crippen molar-refractivity contribution < 1.29 is 9.84 Å². The molecule has 0 saturated heterocycles. The lowest BCUT2D eigenvalue weighted by molar-refractivity contribution is 0.278. The maximum Gasteiger partial charge on any atom is 0.130 e. The van der Waals surface area contributed by atoms with Gasteiger partial charge in [0.15, 0.2) is 0 Å². The number of aliphatic hydroxyl groups is 1. The number of aliphatic hydroxyl groups excluding tert-OH is 1. The number of aromatic nitrogens is 2. The molecule has 0 unspecified atom stereocenters. The summed E-state index contributed by atoms with van der Waals surface area (Å²) in [5, 5.41) is 13.4. The molecule has 0 atom stereocenters. The van der Waals surface area contributed by atoms with Crippen LogP contribution in [0.4, 0.5) is 0 Å². The molecule has 1 N–H and O–H groups in total. The zero-order valence-corrected chi connectivity index (χ0v) is 11.5. The van der Waals surface area contributed by atoms with Gasteiger partial charge in [0.25, 0.3) is 0 Å². The van der Waals surface area contributed by atoms with Gasteiger partial charge in [-0.15, -0.1) is 0 Å². The van der Waals surface area contributed by atoms with Gasteiger partial charge in [-0.1, -0.05) is 25.1 Å². The van der Waals surface area contributed by atoms with Gasteiger partial charge in [0, 0.05) is 13.7 Å². The van der Waals surface area contributed by atoms with Crippen LogP contribution in [0.15, 0.2) is 30.3 Å². The molecule has 1 aromatic carbocycles. The van der Waals surface area contributed by atoms with Crippen molar-refractivity contribution in [3.05, 3.63) is 47.3 Å². The van der Waals surface area contributed by atoms with E-state index in [4.69, 9.17) is 9.84 Å². The topological polar surface area (TPSA) is 47.3 Å². The summed E-state index contributed by atoms with van der Waals surface area (Å²) in [5.41, 5.74) is 3.16. The summed E-state index contributed by atoms with van der Waals surface area (Å²) in [4.78, 5) is 0. The largest absolute Gasteiger partial charge is 0.487 e. The molecular weight excluding hydrogens is 240 g/mol. The standard InChI is InChI=1S/C15H20N2O2/c1-3-13-10-14(17(2)16-13)11-19-15-7-5-4-6-12(15)8-9-18/h4-7,10,18H,3,8-9,11H2,1-2H3. The lowest BCUT2D eigenvalue weighted by Crippen LogP contribution is -2.04. The van der Waals surface area contributed by atoms with Crippen LogP contribution in [0.5, 0.6) is 5.75 Å². The molecule has 0 bridgehead atoms. The Hall–Kier alpha value is -1.81. The Morgan fingerprint density at radius 2 is 2.11 bits per heavy atom. The van der Waals surface area contributed by atoms with Crippen molar-refractivity contribution in [2.45, 2.75) is 26.4 Å². The second kappa shape index (κ2) is 6.38. The van der Waals surface area contributed by atoms with Crippen LogP contribution in [-0.2, 0) is 26.5 Å². The van der Waals surface area contributed by atoms with E-state index in [1.807, 2.05) is 36.0 Å². The Bertz CT molecular complexity index is 535. The molecule has 1 aromatic heterocycles. The first-order valence-electron chi connectivity index (χ1n) is 6.58. The van der Waals surface area contributed by atoms with Crippen molar-refractivity contribution in [3.8, 4) is 5.75 Å². The maximum atomic E-state index is 9.04. The smallest absolute Gasteiger partial charge is 0.130 e. The molecule has 0 spiro atoms. The highest BCUT2D eigenvalue weighted by molar-refractivity contribution is 5.33. The Kier molecular flexibility index (Phi) is 4.58. The van der Waals surface area contributed by atoms with Crippen LogP contribution in [-0.4, -0.2) is 21.5 Å². The fraction of sp³-hybridized carbons (Fsp3) is 0.400. The molecule has 0 saturated carbocycles. The van der Waals surface area contributed by atoms with E-state index in [9.17, 15) is 0 Å². The third kappa shape index (κ3) is 3.35. The Balaban J connectivity index is 2.07. The minimum Gasteiger partial charge on any atom is -0.487 e. The Labute approximate surface area is 113 Å². The summed E-state index contributed by atoms with van der Waals surface area (Å²) in [6.45, 7) is 2.71. The molecule has 4 nitrogen and oxygen atoms in total. The minimum absolute atomic E-state index is 0.131. The molecule has 0 fully saturated rings. The monoisotopic (exact) mass is 260 g/mol. The second-order valence-corrected chi connectivity index (χ2v) is 4.47. The third-order valence-corrected chi connectivity index (χ3v) is 3.12. The second-order valence-electron chi connectivity index (χ2n) is 4.47. The van der Waals surface area contributed by atoms with Gasteiger partial charge in [0.05, 0.1) is 11.4 Å². The van der Waals surface area contributed by atoms with E-state index >= 15 is 0 Å². The molecule has 2 rings (SSSR count). The van der Waals surface area contributed by atoms with Gasteiger partial charge in [-0.05, 0) is 30.5 Å². The van der Waals surface area contributed by atoms with E-state index < -0.39 is 0 Å². The van der Waals surface area contributed by atoms with Crippen LogP contribution >= 0.6 is 0 Å². The van der Waals surface area contributed by atoms with Gasteiger partial charge in [-0.2, -0.15) is 5.10 Å². The van der Waals surface area contributed by atoms with Crippen LogP contribution in [0.1, 0.15) is 23.9 Å². The predicted molar refractivity (Wildman–Crippen MR) is 74.1 cm³/mol. The van der Waals surface area contributed by atoms with E-state index in [-0.39, 0.29) is 6.61 Å². The summed E-state index contributed by atoms with van der Waals surface area (Å²) in [6.07, 6.45) is 1.54. The summed E-state index contributed by atoms with van der Waals surface area (Å²) in [6, 6.07) is 9.87. The van der Waals surface area contributed by atoms with E-state index in [1.165, 1.54) is 0 Å². The summed E-state index contributed by atoms with van der Waals surface area (Å²) in [5.74, 6) is 0.829. The number of hydrogen-bond acceptors (Lipinski definition) is 3. The predicted octanol–water partition coefficient (Wildman–Crippen LogP) is 2.10. The molecule has 0 radical (unpaired) electrons. The van der Waals surface area contributed by atoms with E-state index in [0.717, 1.165) is 29.1 Å². The summed E-state index contributed by atoms with van der Waals surface area (Å²) >= 11 is 0. The van der Waals surface area contributed by atoms with Gasteiger partial charge in [0.1, 0.15) is 12.4 Å². The van der Waals surface area contributed by atoms with E-state index in [2.05, 4.69) is 18.1 Å². The first-order valence-corrected chi connectivity index (χ1v) is 6.58. The summed E-state index contributed by atoms with van der Waals surface area (Å²) < 4.78 is 7.70. The maximum absolute atomic E-state index is 9.04. The highest BCUT2D eigenvalue weighted by Crippen LogP contribution is 2.19. The van der Waals surface area contributed by atoms with Crippen molar-refractivity contribution in [1.29, 1.82) is 0 Å². The van der Waals surface area contributed by atoms with Gasteiger partial charge in [-0.25, -0.2) is 0 Å². The molecule has 19 heavy (non-hydrogen) atoms. The molecule has 2 aromatic rings. The highest BCUT2D eigenvalue weighted by Gasteiger charge is 2.07. The number of rotatable bonds is 6. The molecule has 0 aliphatic rings. The van der Waals surface area contributed by atoms with Crippen LogP contribution in [0.25, 0.3) is 0 Å². The lowest BCUT2D eigenvalue weighted by Gasteiger charge is -2.10. The van der Waals surface area contributed by atoms with Crippen LogP contribution in [0.2, 0.25) is 0 Å². The number of hydrogen-bond donors (Lipinski definition) is 1. The first-order chi connectivity index (χ1) is 9.24. The van der Waals surface area contributed by atoms with Crippen LogP contribution < -0.4 is 4.74 Å². The molecule has 1 heterocycles. The average molecular weight is 260 g/mol. The lowest BCUT2D eigenvalue weighted by atomic mass is 10.1. The quantitative estimate of drug-likeness (QED) is 0.865. The number of aryl methyl sites for hydroxylation is 2. The van der Waals surface area contributed by atoms with Crippen molar-refractivity contribution >= 4 is 0 Å². The van der Waals surface area contributed by atoms with Crippen molar-refractivity contribution in [1.82, 2.24) is 9.78 Å². The zero-order chi connectivity index (χ0) is 13.7. The van der Waals surface area contributed by atoms with Crippen molar-refractivity contribution in [3.63, 3.8) is 0 Å². The highest BCUT2D eigenvalue weighted by atomic mass is 16.5. The average Bonchev–Trinajstić information content (AvgIpc) is 2.79. The fourth-order valence-corrected chi connectivity index (χ4v) is 2.00.